The van der Waals surface area contributed by atoms with Crippen LogP contribution < -0.4 is 0 Å². The molecule has 0 aromatic carbocycles. The second-order valence-electron chi connectivity index (χ2n) is 3.62. The molecule has 1 saturated heterocycles. The van der Waals surface area contributed by atoms with Gasteiger partial charge in [0.05, 0.1) is 6.10 Å². The summed E-state index contributed by atoms with van der Waals surface area (Å²) in [6.45, 7) is 1.95. The van der Waals surface area contributed by atoms with E-state index in [1.807, 2.05) is 0 Å². The van der Waals surface area contributed by atoms with Crippen LogP contribution in [0.15, 0.2) is 0 Å². The standard InChI is InChI=1S/C9H15NO4/c1-6(11)4-5-10-7(9(13)14)2-3-8(10)12/h6-7,11H,2-5H2,1H3,(H,13,14). The molecule has 0 saturated carbocycles. The SMILES string of the molecule is CC(O)CCN1C(=O)CCC1C(=O)O. The van der Waals surface area contributed by atoms with Gasteiger partial charge in [-0.2, -0.15) is 0 Å². The normalized spacial score (nSPS) is 24.0. The summed E-state index contributed by atoms with van der Waals surface area (Å²) >= 11 is 0. The lowest BCUT2D eigenvalue weighted by molar-refractivity contribution is -0.146. The molecule has 2 atom stereocenters. The fourth-order valence-corrected chi connectivity index (χ4v) is 1.60. The quantitative estimate of drug-likeness (QED) is 0.662. The molecule has 0 aliphatic carbocycles. The highest BCUT2D eigenvalue weighted by Crippen LogP contribution is 2.19. The molecule has 0 radical (unpaired) electrons. The topological polar surface area (TPSA) is 77.8 Å². The maximum Gasteiger partial charge on any atom is 0.326 e. The Balaban J connectivity index is 2.54. The van der Waals surface area contributed by atoms with E-state index in [9.17, 15) is 9.59 Å². The van der Waals surface area contributed by atoms with Crippen molar-refractivity contribution in [2.45, 2.75) is 38.3 Å². The first-order chi connectivity index (χ1) is 6.52. The zero-order valence-electron chi connectivity index (χ0n) is 8.14. The van der Waals surface area contributed by atoms with Crippen LogP contribution >= 0.6 is 0 Å². The number of carboxylic acids is 1. The lowest BCUT2D eigenvalue weighted by Gasteiger charge is -2.21. The van der Waals surface area contributed by atoms with Crippen LogP contribution in [-0.2, 0) is 9.59 Å². The highest BCUT2D eigenvalue weighted by molar-refractivity contribution is 5.87. The summed E-state index contributed by atoms with van der Waals surface area (Å²) < 4.78 is 0. The first-order valence-electron chi connectivity index (χ1n) is 4.72. The summed E-state index contributed by atoms with van der Waals surface area (Å²) in [5, 5.41) is 17.8. The summed E-state index contributed by atoms with van der Waals surface area (Å²) in [6.07, 6.45) is 0.609. The number of carbonyl (C=O) groups excluding carboxylic acids is 1. The van der Waals surface area contributed by atoms with Gasteiger partial charge in [0.2, 0.25) is 5.91 Å². The highest BCUT2D eigenvalue weighted by atomic mass is 16.4. The molecule has 2 unspecified atom stereocenters. The maximum atomic E-state index is 11.3. The van der Waals surface area contributed by atoms with Crippen LogP contribution in [0.25, 0.3) is 0 Å². The van der Waals surface area contributed by atoms with E-state index in [4.69, 9.17) is 10.2 Å². The van der Waals surface area contributed by atoms with Crippen molar-refractivity contribution in [1.82, 2.24) is 4.90 Å². The van der Waals surface area contributed by atoms with Crippen LogP contribution in [0.1, 0.15) is 26.2 Å². The number of rotatable bonds is 4. The van der Waals surface area contributed by atoms with Gasteiger partial charge in [-0.05, 0) is 19.8 Å². The van der Waals surface area contributed by atoms with E-state index in [1.54, 1.807) is 6.92 Å². The number of likely N-dealkylation sites (tertiary alicyclic amines) is 1. The number of amides is 1. The number of hydrogen-bond donors (Lipinski definition) is 2. The summed E-state index contributed by atoms with van der Waals surface area (Å²) in [5.41, 5.74) is 0. The summed E-state index contributed by atoms with van der Waals surface area (Å²) in [6, 6.07) is -0.693. The predicted molar refractivity (Wildman–Crippen MR) is 48.7 cm³/mol. The molecule has 5 nitrogen and oxygen atoms in total. The summed E-state index contributed by atoms with van der Waals surface area (Å²) in [4.78, 5) is 23.4. The Kier molecular flexibility index (Phi) is 3.46. The second-order valence-corrected chi connectivity index (χ2v) is 3.62. The molecule has 1 rings (SSSR count). The van der Waals surface area contributed by atoms with Crippen molar-refractivity contribution >= 4 is 11.9 Å². The zero-order valence-corrected chi connectivity index (χ0v) is 8.14. The van der Waals surface area contributed by atoms with Crippen LogP contribution in [-0.4, -0.2) is 45.7 Å². The Morgan fingerprint density at radius 1 is 1.71 bits per heavy atom. The molecule has 1 fully saturated rings. The predicted octanol–water partition coefficient (Wildman–Crippen LogP) is -0.167. The third-order valence-corrected chi connectivity index (χ3v) is 2.40. The van der Waals surface area contributed by atoms with Crippen molar-refractivity contribution < 1.29 is 19.8 Å². The fourth-order valence-electron chi connectivity index (χ4n) is 1.60. The van der Waals surface area contributed by atoms with Crippen molar-refractivity contribution in [3.05, 3.63) is 0 Å². The fraction of sp³-hybridized carbons (Fsp3) is 0.778. The summed E-state index contributed by atoms with van der Waals surface area (Å²) in [5.74, 6) is -1.08. The average molecular weight is 201 g/mol. The van der Waals surface area contributed by atoms with Gasteiger partial charge in [0, 0.05) is 13.0 Å². The number of nitrogens with zero attached hydrogens (tertiary/aromatic N) is 1. The minimum absolute atomic E-state index is 0.127. The van der Waals surface area contributed by atoms with E-state index in [0.29, 0.717) is 25.8 Å². The highest BCUT2D eigenvalue weighted by Gasteiger charge is 2.35. The Labute approximate surface area is 82.3 Å². The maximum absolute atomic E-state index is 11.3. The minimum Gasteiger partial charge on any atom is -0.480 e. The van der Waals surface area contributed by atoms with E-state index in [-0.39, 0.29) is 5.91 Å². The van der Waals surface area contributed by atoms with E-state index >= 15 is 0 Å². The Morgan fingerprint density at radius 2 is 2.36 bits per heavy atom. The first-order valence-corrected chi connectivity index (χ1v) is 4.72. The molecule has 2 N–H and O–H groups in total. The van der Waals surface area contributed by atoms with Crippen molar-refractivity contribution in [2.75, 3.05) is 6.54 Å². The number of aliphatic carboxylic acids is 1. The molecule has 0 aromatic rings. The molecule has 1 amide bonds. The molecule has 80 valence electrons. The van der Waals surface area contributed by atoms with Gasteiger partial charge >= 0.3 is 5.97 Å². The average Bonchev–Trinajstić information content (AvgIpc) is 2.43. The third kappa shape index (κ3) is 2.45. The molecular formula is C9H15NO4. The molecule has 14 heavy (non-hydrogen) atoms. The van der Waals surface area contributed by atoms with Crippen molar-refractivity contribution in [2.24, 2.45) is 0 Å². The number of carbonyl (C=O) groups is 2. The molecule has 0 bridgehead atoms. The summed E-state index contributed by atoms with van der Waals surface area (Å²) in [7, 11) is 0. The van der Waals surface area contributed by atoms with Gasteiger partial charge in [0.15, 0.2) is 0 Å². The van der Waals surface area contributed by atoms with Gasteiger partial charge in [-0.1, -0.05) is 0 Å². The molecule has 0 spiro atoms. The van der Waals surface area contributed by atoms with Gasteiger partial charge in [0.25, 0.3) is 0 Å². The molecule has 5 heteroatoms. The minimum atomic E-state index is -0.957. The Bertz CT molecular complexity index is 239. The van der Waals surface area contributed by atoms with E-state index < -0.39 is 18.1 Å². The molecular weight excluding hydrogens is 186 g/mol. The van der Waals surface area contributed by atoms with Crippen molar-refractivity contribution in [1.29, 1.82) is 0 Å². The zero-order chi connectivity index (χ0) is 10.7. The largest absolute Gasteiger partial charge is 0.480 e. The van der Waals surface area contributed by atoms with Gasteiger partial charge < -0.3 is 15.1 Å². The first kappa shape index (κ1) is 11.0. The van der Waals surface area contributed by atoms with E-state index in [2.05, 4.69) is 0 Å². The molecule has 1 aliphatic heterocycles. The van der Waals surface area contributed by atoms with Gasteiger partial charge in [0.1, 0.15) is 6.04 Å². The molecule has 0 aromatic heterocycles. The van der Waals surface area contributed by atoms with Crippen LogP contribution in [0.3, 0.4) is 0 Å². The number of carboxylic acid groups (broad SMARTS) is 1. The van der Waals surface area contributed by atoms with E-state index in [0.717, 1.165) is 0 Å². The lowest BCUT2D eigenvalue weighted by Crippen LogP contribution is -2.39. The van der Waals surface area contributed by atoms with Crippen LogP contribution in [0.2, 0.25) is 0 Å². The van der Waals surface area contributed by atoms with Crippen molar-refractivity contribution in [3.63, 3.8) is 0 Å². The van der Waals surface area contributed by atoms with Crippen LogP contribution in [0.4, 0.5) is 0 Å². The van der Waals surface area contributed by atoms with Crippen LogP contribution in [0, 0.1) is 0 Å². The molecule has 1 heterocycles. The Hall–Kier alpha value is -1.10. The van der Waals surface area contributed by atoms with Crippen molar-refractivity contribution in [3.8, 4) is 0 Å². The van der Waals surface area contributed by atoms with E-state index in [1.165, 1.54) is 4.90 Å². The van der Waals surface area contributed by atoms with Gasteiger partial charge in [-0.3, -0.25) is 4.79 Å². The lowest BCUT2D eigenvalue weighted by atomic mass is 10.2. The second kappa shape index (κ2) is 4.41. The molecule has 1 aliphatic rings. The van der Waals surface area contributed by atoms with Crippen LogP contribution in [0.5, 0.6) is 0 Å². The number of aliphatic hydroxyl groups is 1. The number of aliphatic hydroxyl groups excluding tert-OH is 1. The third-order valence-electron chi connectivity index (χ3n) is 2.40. The van der Waals surface area contributed by atoms with Gasteiger partial charge in [-0.15, -0.1) is 0 Å². The number of hydrogen-bond acceptors (Lipinski definition) is 3. The smallest absolute Gasteiger partial charge is 0.326 e. The van der Waals surface area contributed by atoms with Gasteiger partial charge in [-0.25, -0.2) is 4.79 Å². The monoisotopic (exact) mass is 201 g/mol. The Morgan fingerprint density at radius 3 is 2.86 bits per heavy atom.